The average molecular weight is 338 g/mol. The second-order valence-corrected chi connectivity index (χ2v) is 5.87. The summed E-state index contributed by atoms with van der Waals surface area (Å²) >= 11 is 0. The maximum absolute atomic E-state index is 13.0. The summed E-state index contributed by atoms with van der Waals surface area (Å²) in [7, 11) is 3.19. The lowest BCUT2D eigenvalue weighted by Crippen LogP contribution is -1.96. The molecule has 0 unspecified atom stereocenters. The van der Waals surface area contributed by atoms with E-state index in [1.54, 1.807) is 32.4 Å². The molecular weight excluding hydrogens is 319 g/mol. The van der Waals surface area contributed by atoms with Gasteiger partial charge in [0.05, 0.1) is 14.2 Å². The molecule has 128 valence electrons. The van der Waals surface area contributed by atoms with Gasteiger partial charge in [-0.25, -0.2) is 4.39 Å². The summed E-state index contributed by atoms with van der Waals surface area (Å²) in [6.45, 7) is 0. The van der Waals surface area contributed by atoms with Crippen LogP contribution in [0.1, 0.15) is 24.0 Å². The lowest BCUT2D eigenvalue weighted by atomic mass is 10.1. The van der Waals surface area contributed by atoms with Crippen LogP contribution in [-0.2, 0) is 4.79 Å². The van der Waals surface area contributed by atoms with Gasteiger partial charge >= 0.3 is 0 Å². The number of halogens is 1. The molecule has 0 N–H and O–H groups in total. The highest BCUT2D eigenvalue weighted by molar-refractivity contribution is 6.15. The summed E-state index contributed by atoms with van der Waals surface area (Å²) in [5, 5.41) is 0. The van der Waals surface area contributed by atoms with E-state index in [4.69, 9.17) is 9.47 Å². The molecule has 2 aromatic carbocycles. The number of benzene rings is 2. The number of rotatable bonds is 4. The molecule has 0 saturated heterocycles. The number of hydrogen-bond donors (Lipinski definition) is 0. The van der Waals surface area contributed by atoms with Crippen LogP contribution in [0.5, 0.6) is 11.5 Å². The zero-order valence-corrected chi connectivity index (χ0v) is 14.2. The lowest BCUT2D eigenvalue weighted by Gasteiger charge is -2.06. The topological polar surface area (TPSA) is 35.5 Å². The Bertz CT molecular complexity index is 826. The van der Waals surface area contributed by atoms with Gasteiger partial charge in [0.2, 0.25) is 0 Å². The Morgan fingerprint density at radius 1 is 0.840 bits per heavy atom. The monoisotopic (exact) mass is 338 g/mol. The zero-order valence-electron chi connectivity index (χ0n) is 14.2. The summed E-state index contributed by atoms with van der Waals surface area (Å²) in [6, 6.07) is 11.7. The Morgan fingerprint density at radius 3 is 1.88 bits per heavy atom. The summed E-state index contributed by atoms with van der Waals surface area (Å²) in [4.78, 5) is 12.6. The van der Waals surface area contributed by atoms with Crippen LogP contribution in [0.15, 0.2) is 53.6 Å². The zero-order chi connectivity index (χ0) is 17.8. The quantitative estimate of drug-likeness (QED) is 0.760. The van der Waals surface area contributed by atoms with Crippen molar-refractivity contribution in [2.24, 2.45) is 0 Å². The number of carbonyl (C=O) groups is 1. The van der Waals surface area contributed by atoms with Gasteiger partial charge in [0, 0.05) is 17.2 Å². The highest BCUT2D eigenvalue weighted by atomic mass is 19.1. The minimum absolute atomic E-state index is 0.0334. The number of ether oxygens (including phenoxy) is 2. The molecule has 1 fully saturated rings. The Labute approximate surface area is 146 Å². The van der Waals surface area contributed by atoms with Crippen LogP contribution in [0, 0.1) is 5.82 Å². The molecule has 2 aromatic rings. The maximum Gasteiger partial charge on any atom is 0.185 e. The molecule has 0 atom stereocenters. The molecule has 3 nitrogen and oxygen atoms in total. The van der Waals surface area contributed by atoms with Crippen molar-refractivity contribution in [3.63, 3.8) is 0 Å². The summed E-state index contributed by atoms with van der Waals surface area (Å²) < 4.78 is 23.5. The first kappa shape index (κ1) is 17.0. The first-order valence-corrected chi connectivity index (χ1v) is 8.03. The molecule has 25 heavy (non-hydrogen) atoms. The molecule has 0 radical (unpaired) electrons. The lowest BCUT2D eigenvalue weighted by molar-refractivity contribution is -0.111. The van der Waals surface area contributed by atoms with Crippen molar-refractivity contribution in [2.45, 2.75) is 12.8 Å². The third-order valence-corrected chi connectivity index (χ3v) is 4.17. The molecule has 3 rings (SSSR count). The van der Waals surface area contributed by atoms with Crippen molar-refractivity contribution >= 4 is 17.9 Å². The summed E-state index contributed by atoms with van der Waals surface area (Å²) in [5.74, 6) is 1.11. The van der Waals surface area contributed by atoms with E-state index in [9.17, 15) is 9.18 Å². The highest BCUT2D eigenvalue weighted by Gasteiger charge is 2.23. The third-order valence-electron chi connectivity index (χ3n) is 4.17. The van der Waals surface area contributed by atoms with Crippen molar-refractivity contribution in [3.8, 4) is 11.5 Å². The molecule has 4 heteroatoms. The van der Waals surface area contributed by atoms with Crippen LogP contribution in [0.3, 0.4) is 0 Å². The fourth-order valence-electron chi connectivity index (χ4n) is 2.85. The van der Waals surface area contributed by atoms with E-state index in [0.29, 0.717) is 24.3 Å². The second kappa shape index (κ2) is 7.34. The number of Topliss-reactive ketones (excluding diaryl/α,β-unsaturated/α-hetero) is 1. The van der Waals surface area contributed by atoms with Crippen molar-refractivity contribution in [1.82, 2.24) is 0 Å². The standard InChI is InChI=1S/C21H19FO3/c1-24-19-11-15(12-20(13-19)25-2)10-17-6-5-16(21(17)23)9-14-3-7-18(22)8-4-14/h3-4,7-13H,5-6H2,1-2H3/b16-9+,17-10?. The van der Waals surface area contributed by atoms with Crippen LogP contribution in [0.25, 0.3) is 12.2 Å². The minimum Gasteiger partial charge on any atom is -0.497 e. The van der Waals surface area contributed by atoms with E-state index in [1.807, 2.05) is 24.3 Å². The minimum atomic E-state index is -0.285. The predicted molar refractivity (Wildman–Crippen MR) is 96.1 cm³/mol. The van der Waals surface area contributed by atoms with E-state index in [0.717, 1.165) is 22.3 Å². The Morgan fingerprint density at radius 2 is 1.36 bits per heavy atom. The molecule has 0 aromatic heterocycles. The molecule has 1 aliphatic rings. The van der Waals surface area contributed by atoms with Gasteiger partial charge in [-0.3, -0.25) is 4.79 Å². The van der Waals surface area contributed by atoms with Gasteiger partial charge < -0.3 is 9.47 Å². The van der Waals surface area contributed by atoms with Crippen molar-refractivity contribution in [1.29, 1.82) is 0 Å². The fraction of sp³-hybridized carbons (Fsp3) is 0.190. The third kappa shape index (κ3) is 3.97. The van der Waals surface area contributed by atoms with Crippen LogP contribution in [0.4, 0.5) is 4.39 Å². The van der Waals surface area contributed by atoms with Gasteiger partial charge in [0.15, 0.2) is 5.78 Å². The normalized spacial score (nSPS) is 17.3. The Balaban J connectivity index is 1.86. The van der Waals surface area contributed by atoms with Crippen molar-refractivity contribution < 1.29 is 18.7 Å². The number of hydrogen-bond acceptors (Lipinski definition) is 3. The molecule has 0 spiro atoms. The van der Waals surface area contributed by atoms with Crippen LogP contribution in [-0.4, -0.2) is 20.0 Å². The first-order chi connectivity index (χ1) is 12.1. The van der Waals surface area contributed by atoms with E-state index in [1.165, 1.54) is 12.1 Å². The number of ketones is 1. The van der Waals surface area contributed by atoms with Gasteiger partial charge in [0.1, 0.15) is 17.3 Å². The second-order valence-electron chi connectivity index (χ2n) is 5.87. The van der Waals surface area contributed by atoms with Crippen LogP contribution in [0.2, 0.25) is 0 Å². The van der Waals surface area contributed by atoms with Crippen molar-refractivity contribution in [3.05, 3.63) is 70.6 Å². The molecular formula is C21H19FO3. The van der Waals surface area contributed by atoms with E-state index in [2.05, 4.69) is 0 Å². The van der Waals surface area contributed by atoms with Gasteiger partial charge in [-0.05, 0) is 60.4 Å². The largest absolute Gasteiger partial charge is 0.497 e. The van der Waals surface area contributed by atoms with Gasteiger partial charge in [-0.2, -0.15) is 0 Å². The molecule has 0 aliphatic heterocycles. The van der Waals surface area contributed by atoms with E-state index < -0.39 is 0 Å². The fourth-order valence-corrected chi connectivity index (χ4v) is 2.85. The SMILES string of the molecule is COc1cc(C=C2CC/C(=C\c3ccc(F)cc3)C2=O)cc(OC)c1. The maximum atomic E-state index is 13.0. The average Bonchev–Trinajstić information content (AvgIpc) is 2.96. The van der Waals surface area contributed by atoms with Gasteiger partial charge in [-0.15, -0.1) is 0 Å². The molecule has 0 bridgehead atoms. The first-order valence-electron chi connectivity index (χ1n) is 8.03. The van der Waals surface area contributed by atoms with Gasteiger partial charge in [0.25, 0.3) is 0 Å². The van der Waals surface area contributed by atoms with Gasteiger partial charge in [-0.1, -0.05) is 12.1 Å². The highest BCUT2D eigenvalue weighted by Crippen LogP contribution is 2.31. The summed E-state index contributed by atoms with van der Waals surface area (Å²) in [5.41, 5.74) is 3.19. The molecule has 0 heterocycles. The Kier molecular flexibility index (Phi) is 4.98. The smallest absolute Gasteiger partial charge is 0.185 e. The van der Waals surface area contributed by atoms with E-state index in [-0.39, 0.29) is 11.6 Å². The predicted octanol–water partition coefficient (Wildman–Crippen LogP) is 4.67. The Hall–Kier alpha value is -2.88. The molecule has 1 saturated carbocycles. The van der Waals surface area contributed by atoms with Crippen molar-refractivity contribution in [2.75, 3.05) is 14.2 Å². The number of methoxy groups -OCH3 is 2. The molecule has 1 aliphatic carbocycles. The number of carbonyl (C=O) groups excluding carboxylic acids is 1. The van der Waals surface area contributed by atoms with Crippen LogP contribution >= 0.6 is 0 Å². The van der Waals surface area contributed by atoms with Crippen LogP contribution < -0.4 is 9.47 Å². The van der Waals surface area contributed by atoms with E-state index >= 15 is 0 Å². The summed E-state index contributed by atoms with van der Waals surface area (Å²) in [6.07, 6.45) is 5.07. The number of allylic oxidation sites excluding steroid dienone is 2. The molecule has 0 amide bonds.